The van der Waals surface area contributed by atoms with Crippen molar-refractivity contribution in [2.24, 2.45) is 0 Å². The highest BCUT2D eigenvalue weighted by atomic mass is 19.1. The standard InChI is InChI=1S/C22H19FN6O/c23-17-3-1-2-14-4-7-19(22(14)17)28-20-9-5-15-10-16(6-8-18(15)27-20)26-21(30)11-29-13-24-12-25-29/h1-3,5-6,8-10,12-13,19H,4,7,11H2,(H,26,30)(H,27,28). The maximum Gasteiger partial charge on any atom is 0.246 e. The zero-order valence-electron chi connectivity index (χ0n) is 16.0. The van der Waals surface area contributed by atoms with Gasteiger partial charge in [0.15, 0.2) is 0 Å². The van der Waals surface area contributed by atoms with Crippen molar-refractivity contribution < 1.29 is 9.18 Å². The number of nitrogens with one attached hydrogen (secondary N) is 2. The average Bonchev–Trinajstić information content (AvgIpc) is 3.39. The number of pyridine rings is 1. The Bertz CT molecular complexity index is 1220. The lowest BCUT2D eigenvalue weighted by Gasteiger charge is -2.16. The first kappa shape index (κ1) is 18.2. The second-order valence-corrected chi connectivity index (χ2v) is 7.29. The summed E-state index contributed by atoms with van der Waals surface area (Å²) in [5.74, 6) is 0.342. The van der Waals surface area contributed by atoms with Gasteiger partial charge in [-0.25, -0.2) is 19.0 Å². The molecule has 2 aromatic carbocycles. The van der Waals surface area contributed by atoms with Crippen molar-refractivity contribution in [3.8, 4) is 0 Å². The third-order valence-electron chi connectivity index (χ3n) is 5.26. The number of fused-ring (bicyclic) bond motifs is 2. The minimum atomic E-state index is -0.187. The molecule has 1 amide bonds. The van der Waals surface area contributed by atoms with Crippen molar-refractivity contribution in [1.29, 1.82) is 0 Å². The monoisotopic (exact) mass is 402 g/mol. The van der Waals surface area contributed by atoms with Crippen LogP contribution in [-0.2, 0) is 17.8 Å². The van der Waals surface area contributed by atoms with E-state index in [9.17, 15) is 9.18 Å². The van der Waals surface area contributed by atoms with Crippen LogP contribution in [0.4, 0.5) is 15.9 Å². The van der Waals surface area contributed by atoms with Gasteiger partial charge >= 0.3 is 0 Å². The summed E-state index contributed by atoms with van der Waals surface area (Å²) in [7, 11) is 0. The van der Waals surface area contributed by atoms with Crippen LogP contribution in [-0.4, -0.2) is 25.7 Å². The zero-order valence-corrected chi connectivity index (χ0v) is 16.0. The fraction of sp³-hybridized carbons (Fsp3) is 0.182. The third-order valence-corrected chi connectivity index (χ3v) is 5.26. The van der Waals surface area contributed by atoms with E-state index in [4.69, 9.17) is 0 Å². The van der Waals surface area contributed by atoms with Crippen LogP contribution in [0.25, 0.3) is 10.9 Å². The number of benzene rings is 2. The lowest BCUT2D eigenvalue weighted by Crippen LogP contribution is -2.18. The number of carbonyl (C=O) groups is 1. The number of rotatable bonds is 5. The van der Waals surface area contributed by atoms with Gasteiger partial charge in [0.2, 0.25) is 5.91 Å². The van der Waals surface area contributed by atoms with E-state index in [0.29, 0.717) is 11.5 Å². The van der Waals surface area contributed by atoms with Gasteiger partial charge in [-0.3, -0.25) is 4.79 Å². The van der Waals surface area contributed by atoms with Crippen molar-refractivity contribution >= 4 is 28.3 Å². The SMILES string of the molecule is O=C(Cn1cncn1)Nc1ccc2nc(NC3CCc4cccc(F)c43)ccc2c1. The molecule has 30 heavy (non-hydrogen) atoms. The number of hydrogen-bond acceptors (Lipinski definition) is 5. The van der Waals surface area contributed by atoms with Crippen LogP contribution in [0.5, 0.6) is 0 Å². The number of carbonyl (C=O) groups excluding carboxylic acids is 1. The highest BCUT2D eigenvalue weighted by Crippen LogP contribution is 2.35. The van der Waals surface area contributed by atoms with Gasteiger partial charge < -0.3 is 10.6 Å². The van der Waals surface area contributed by atoms with Gasteiger partial charge in [0.25, 0.3) is 0 Å². The molecular formula is C22H19FN6O. The van der Waals surface area contributed by atoms with Gasteiger partial charge in [-0.2, -0.15) is 5.10 Å². The fourth-order valence-corrected chi connectivity index (χ4v) is 3.90. The Morgan fingerprint density at radius 3 is 3.00 bits per heavy atom. The maximum atomic E-state index is 14.3. The second kappa shape index (κ2) is 7.55. The van der Waals surface area contributed by atoms with Crippen molar-refractivity contribution in [2.45, 2.75) is 25.4 Å². The number of aryl methyl sites for hydroxylation is 1. The Morgan fingerprint density at radius 2 is 2.13 bits per heavy atom. The first-order chi connectivity index (χ1) is 14.7. The van der Waals surface area contributed by atoms with Crippen LogP contribution < -0.4 is 10.6 Å². The van der Waals surface area contributed by atoms with E-state index in [-0.39, 0.29) is 24.3 Å². The van der Waals surface area contributed by atoms with Gasteiger partial charge in [0.1, 0.15) is 30.8 Å². The summed E-state index contributed by atoms with van der Waals surface area (Å²) in [6.45, 7) is 0.0958. The number of aromatic nitrogens is 4. The molecule has 2 aromatic heterocycles. The molecule has 0 saturated carbocycles. The topological polar surface area (TPSA) is 84.7 Å². The Labute approximate surface area is 172 Å². The maximum absolute atomic E-state index is 14.3. The number of anilines is 2. The molecule has 1 unspecified atom stereocenters. The predicted molar refractivity (Wildman–Crippen MR) is 111 cm³/mol. The number of hydrogen-bond donors (Lipinski definition) is 2. The van der Waals surface area contributed by atoms with Crippen LogP contribution in [0, 0.1) is 5.82 Å². The van der Waals surface area contributed by atoms with Crippen LogP contribution in [0.1, 0.15) is 23.6 Å². The number of nitrogens with zero attached hydrogens (tertiary/aromatic N) is 4. The lowest BCUT2D eigenvalue weighted by molar-refractivity contribution is -0.116. The molecule has 1 atom stereocenters. The van der Waals surface area contributed by atoms with Gasteiger partial charge in [0, 0.05) is 16.6 Å². The molecule has 2 heterocycles. The van der Waals surface area contributed by atoms with Crippen molar-refractivity contribution in [2.75, 3.05) is 10.6 Å². The summed E-state index contributed by atoms with van der Waals surface area (Å²) in [6.07, 6.45) is 4.58. The van der Waals surface area contributed by atoms with Crippen molar-refractivity contribution in [1.82, 2.24) is 19.7 Å². The fourth-order valence-electron chi connectivity index (χ4n) is 3.90. The molecule has 0 spiro atoms. The number of halogens is 1. The van der Waals surface area contributed by atoms with Crippen molar-refractivity contribution in [3.05, 3.63) is 78.1 Å². The molecule has 0 radical (unpaired) electrons. The molecule has 0 fully saturated rings. The summed E-state index contributed by atoms with van der Waals surface area (Å²) >= 11 is 0. The molecule has 1 aliphatic carbocycles. The van der Waals surface area contributed by atoms with E-state index in [1.54, 1.807) is 6.07 Å². The predicted octanol–water partition coefficient (Wildman–Crippen LogP) is 3.70. The molecule has 2 N–H and O–H groups in total. The second-order valence-electron chi connectivity index (χ2n) is 7.29. The Balaban J connectivity index is 1.31. The smallest absolute Gasteiger partial charge is 0.246 e. The molecule has 150 valence electrons. The quantitative estimate of drug-likeness (QED) is 0.532. The van der Waals surface area contributed by atoms with E-state index in [1.807, 2.05) is 36.4 Å². The molecular weight excluding hydrogens is 383 g/mol. The minimum Gasteiger partial charge on any atom is -0.363 e. The molecule has 5 rings (SSSR count). The Kier molecular flexibility index (Phi) is 4.59. The molecule has 7 nitrogen and oxygen atoms in total. The van der Waals surface area contributed by atoms with E-state index >= 15 is 0 Å². The molecule has 8 heteroatoms. The average molecular weight is 402 g/mol. The summed E-state index contributed by atoms with van der Waals surface area (Å²) in [4.78, 5) is 20.6. The van der Waals surface area contributed by atoms with Crippen LogP contribution >= 0.6 is 0 Å². The molecule has 0 saturated heterocycles. The van der Waals surface area contributed by atoms with E-state index in [0.717, 1.165) is 34.9 Å². The summed E-state index contributed by atoms with van der Waals surface area (Å²) in [5.41, 5.74) is 3.27. The van der Waals surface area contributed by atoms with Crippen LogP contribution in [0.15, 0.2) is 61.2 Å². The lowest BCUT2D eigenvalue weighted by atomic mass is 10.1. The summed E-state index contributed by atoms with van der Waals surface area (Å²) in [6, 6.07) is 14.5. The highest BCUT2D eigenvalue weighted by molar-refractivity contribution is 5.93. The van der Waals surface area contributed by atoms with Crippen LogP contribution in [0.2, 0.25) is 0 Å². The minimum absolute atomic E-state index is 0.0819. The first-order valence-corrected chi connectivity index (χ1v) is 9.72. The zero-order chi connectivity index (χ0) is 20.5. The van der Waals surface area contributed by atoms with E-state index < -0.39 is 0 Å². The van der Waals surface area contributed by atoms with Crippen LogP contribution in [0.3, 0.4) is 0 Å². The summed E-state index contributed by atoms with van der Waals surface area (Å²) < 4.78 is 15.7. The van der Waals surface area contributed by atoms with Gasteiger partial charge in [-0.05, 0) is 54.8 Å². The summed E-state index contributed by atoms with van der Waals surface area (Å²) in [5, 5.41) is 11.0. The van der Waals surface area contributed by atoms with Gasteiger partial charge in [-0.1, -0.05) is 12.1 Å². The number of amides is 1. The molecule has 0 aliphatic heterocycles. The Morgan fingerprint density at radius 1 is 1.20 bits per heavy atom. The Hall–Kier alpha value is -3.81. The van der Waals surface area contributed by atoms with Crippen molar-refractivity contribution in [3.63, 3.8) is 0 Å². The molecule has 0 bridgehead atoms. The van der Waals surface area contributed by atoms with E-state index in [2.05, 4.69) is 25.7 Å². The highest BCUT2D eigenvalue weighted by Gasteiger charge is 2.25. The third kappa shape index (κ3) is 3.59. The largest absolute Gasteiger partial charge is 0.363 e. The van der Waals surface area contributed by atoms with Gasteiger partial charge in [0.05, 0.1) is 11.6 Å². The van der Waals surface area contributed by atoms with Gasteiger partial charge in [-0.15, -0.1) is 0 Å². The first-order valence-electron chi connectivity index (χ1n) is 9.72. The van der Waals surface area contributed by atoms with E-state index in [1.165, 1.54) is 23.4 Å². The normalized spacial score (nSPS) is 15.2. The molecule has 1 aliphatic rings. The molecule has 4 aromatic rings.